The van der Waals surface area contributed by atoms with Crippen molar-refractivity contribution in [2.75, 3.05) is 17.2 Å². The molecule has 0 bridgehead atoms. The molecule has 9 heteroatoms. The van der Waals surface area contributed by atoms with Crippen LogP contribution in [0.3, 0.4) is 0 Å². The zero-order valence-electron chi connectivity index (χ0n) is 13.8. The Hall–Kier alpha value is -1.64. The second-order valence-corrected chi connectivity index (χ2v) is 7.94. The van der Waals surface area contributed by atoms with Crippen LogP contribution in [0, 0.1) is 5.41 Å². The normalized spacial score (nSPS) is 25.3. The average Bonchev–Trinajstić information content (AvgIpc) is 2.40. The fourth-order valence-electron chi connectivity index (χ4n) is 2.92. The molecule has 1 saturated heterocycles. The molecule has 0 aromatic carbocycles. The number of nitrogens with zero attached hydrogens (tertiary/aromatic N) is 4. The van der Waals surface area contributed by atoms with Gasteiger partial charge in [0.2, 0.25) is 5.95 Å². The molecule has 1 aromatic rings. The van der Waals surface area contributed by atoms with Gasteiger partial charge in [0.05, 0.1) is 0 Å². The van der Waals surface area contributed by atoms with Crippen LogP contribution in [0.1, 0.15) is 40.5 Å². The Morgan fingerprint density at radius 2 is 2.09 bits per heavy atom. The van der Waals surface area contributed by atoms with Gasteiger partial charge in [-0.25, -0.2) is 4.79 Å². The number of nitrogen functional groups attached to an aromatic ring is 1. The van der Waals surface area contributed by atoms with E-state index in [9.17, 15) is 4.79 Å². The standard InChI is InChI=1S/C14H23BrN6O2/c1-13(2,3)8-7-14(4,23-11(17)22)5-6-21(8)12-18-10(16)9(15)19-20-12/h8H,5-7H2,1-4H3,(H2,17,22)(H2,16,18,20). The molecule has 0 aliphatic carbocycles. The lowest BCUT2D eigenvalue weighted by atomic mass is 9.75. The maximum absolute atomic E-state index is 11.2. The summed E-state index contributed by atoms with van der Waals surface area (Å²) < 4.78 is 5.78. The number of halogens is 1. The summed E-state index contributed by atoms with van der Waals surface area (Å²) in [4.78, 5) is 17.6. The number of hydrogen-bond acceptors (Lipinski definition) is 7. The number of primary amides is 1. The van der Waals surface area contributed by atoms with Gasteiger partial charge in [-0.15, -0.1) is 10.2 Å². The molecule has 1 fully saturated rings. The van der Waals surface area contributed by atoms with E-state index in [1.54, 1.807) is 0 Å². The molecule has 1 aliphatic rings. The van der Waals surface area contributed by atoms with E-state index < -0.39 is 11.7 Å². The molecule has 1 amide bonds. The lowest BCUT2D eigenvalue weighted by molar-refractivity contribution is -0.00970. The van der Waals surface area contributed by atoms with Crippen molar-refractivity contribution in [1.82, 2.24) is 15.2 Å². The van der Waals surface area contributed by atoms with Gasteiger partial charge in [0.15, 0.2) is 10.4 Å². The van der Waals surface area contributed by atoms with Gasteiger partial charge in [-0.2, -0.15) is 4.98 Å². The number of amides is 1. The molecule has 0 saturated carbocycles. The summed E-state index contributed by atoms with van der Waals surface area (Å²) in [5.74, 6) is 0.774. The van der Waals surface area contributed by atoms with Crippen LogP contribution in [-0.2, 0) is 4.74 Å². The highest BCUT2D eigenvalue weighted by molar-refractivity contribution is 9.10. The van der Waals surface area contributed by atoms with Crippen LogP contribution in [0.4, 0.5) is 16.6 Å². The lowest BCUT2D eigenvalue weighted by Crippen LogP contribution is -2.56. The Labute approximate surface area is 144 Å². The molecule has 2 atom stereocenters. The van der Waals surface area contributed by atoms with Gasteiger partial charge in [0.25, 0.3) is 0 Å². The Bertz CT molecular complexity index is 605. The number of hydrogen-bond donors (Lipinski definition) is 2. The summed E-state index contributed by atoms with van der Waals surface area (Å²) in [6.07, 6.45) is 0.500. The first-order chi connectivity index (χ1) is 10.5. The van der Waals surface area contributed by atoms with E-state index >= 15 is 0 Å². The first-order valence-electron chi connectivity index (χ1n) is 7.43. The van der Waals surface area contributed by atoms with Crippen molar-refractivity contribution in [1.29, 1.82) is 0 Å². The van der Waals surface area contributed by atoms with E-state index in [0.29, 0.717) is 35.8 Å². The first kappa shape index (κ1) is 17.7. The molecular weight excluding hydrogens is 364 g/mol. The van der Waals surface area contributed by atoms with Crippen LogP contribution in [-0.4, -0.2) is 39.5 Å². The second-order valence-electron chi connectivity index (χ2n) is 7.19. The molecule has 0 spiro atoms. The summed E-state index contributed by atoms with van der Waals surface area (Å²) in [5, 5.41) is 8.13. The molecule has 2 unspecified atom stereocenters. The summed E-state index contributed by atoms with van der Waals surface area (Å²) in [7, 11) is 0. The van der Waals surface area contributed by atoms with E-state index in [4.69, 9.17) is 16.2 Å². The molecule has 4 N–H and O–H groups in total. The number of ether oxygens (including phenoxy) is 1. The summed E-state index contributed by atoms with van der Waals surface area (Å²) >= 11 is 3.20. The minimum absolute atomic E-state index is 0.0444. The van der Waals surface area contributed by atoms with Gasteiger partial charge in [0.1, 0.15) is 5.60 Å². The Morgan fingerprint density at radius 1 is 1.43 bits per heavy atom. The van der Waals surface area contributed by atoms with Crippen molar-refractivity contribution in [3.63, 3.8) is 0 Å². The summed E-state index contributed by atoms with van der Waals surface area (Å²) in [5.41, 5.74) is 10.4. The number of carbonyl (C=O) groups is 1. The number of nitrogens with two attached hydrogens (primary N) is 2. The maximum Gasteiger partial charge on any atom is 0.405 e. The van der Waals surface area contributed by atoms with Crippen LogP contribution in [0.5, 0.6) is 0 Å². The van der Waals surface area contributed by atoms with E-state index in [1.807, 2.05) is 6.92 Å². The fraction of sp³-hybridized carbons (Fsp3) is 0.714. The van der Waals surface area contributed by atoms with Gasteiger partial charge >= 0.3 is 6.09 Å². The van der Waals surface area contributed by atoms with Crippen LogP contribution in [0.15, 0.2) is 4.60 Å². The molecule has 2 heterocycles. The number of aromatic nitrogens is 3. The number of anilines is 2. The minimum atomic E-state index is -0.751. The lowest BCUT2D eigenvalue weighted by Gasteiger charge is -2.49. The van der Waals surface area contributed by atoms with Crippen molar-refractivity contribution in [3.8, 4) is 0 Å². The minimum Gasteiger partial charge on any atom is -0.443 e. The van der Waals surface area contributed by atoms with Crippen molar-refractivity contribution >= 4 is 33.8 Å². The van der Waals surface area contributed by atoms with Crippen molar-refractivity contribution < 1.29 is 9.53 Å². The van der Waals surface area contributed by atoms with Crippen molar-refractivity contribution in [2.24, 2.45) is 11.1 Å². The molecule has 1 aromatic heterocycles. The van der Waals surface area contributed by atoms with E-state index in [0.717, 1.165) is 0 Å². The van der Waals surface area contributed by atoms with Crippen molar-refractivity contribution in [2.45, 2.75) is 52.2 Å². The van der Waals surface area contributed by atoms with E-state index in [-0.39, 0.29) is 11.5 Å². The molecular formula is C14H23BrN6O2. The Balaban J connectivity index is 2.33. The monoisotopic (exact) mass is 386 g/mol. The quantitative estimate of drug-likeness (QED) is 0.797. The molecule has 23 heavy (non-hydrogen) atoms. The summed E-state index contributed by atoms with van der Waals surface area (Å²) in [6.45, 7) is 8.89. The molecule has 2 rings (SSSR count). The van der Waals surface area contributed by atoms with Gasteiger partial charge < -0.3 is 21.1 Å². The fourth-order valence-corrected chi connectivity index (χ4v) is 3.09. The highest BCUT2D eigenvalue weighted by atomic mass is 79.9. The van der Waals surface area contributed by atoms with E-state index in [2.05, 4.69) is 56.8 Å². The topological polar surface area (TPSA) is 120 Å². The number of piperidine rings is 1. The maximum atomic E-state index is 11.2. The number of rotatable bonds is 2. The zero-order valence-corrected chi connectivity index (χ0v) is 15.4. The zero-order chi connectivity index (χ0) is 17.4. The number of carbonyl (C=O) groups excluding carboxylic acids is 1. The van der Waals surface area contributed by atoms with Crippen molar-refractivity contribution in [3.05, 3.63) is 4.60 Å². The SMILES string of the molecule is CC1(OC(N)=O)CCN(c2nnc(Br)c(N)n2)C(C(C)(C)C)C1. The van der Waals surface area contributed by atoms with Gasteiger partial charge in [0, 0.05) is 25.4 Å². The predicted octanol–water partition coefficient (Wildman–Crippen LogP) is 2.09. The Kier molecular flexibility index (Phi) is 4.70. The Morgan fingerprint density at radius 3 is 2.61 bits per heavy atom. The van der Waals surface area contributed by atoms with Crippen LogP contribution >= 0.6 is 15.9 Å². The molecule has 128 valence electrons. The van der Waals surface area contributed by atoms with Gasteiger partial charge in [-0.05, 0) is 28.3 Å². The third kappa shape index (κ3) is 4.01. The third-order valence-corrected chi connectivity index (χ3v) is 4.71. The first-order valence-corrected chi connectivity index (χ1v) is 8.22. The highest BCUT2D eigenvalue weighted by Gasteiger charge is 2.44. The highest BCUT2D eigenvalue weighted by Crippen LogP contribution is 2.39. The summed E-state index contributed by atoms with van der Waals surface area (Å²) in [6, 6.07) is 0.0444. The average molecular weight is 387 g/mol. The third-order valence-electron chi connectivity index (χ3n) is 4.15. The second kappa shape index (κ2) is 6.10. The van der Waals surface area contributed by atoms with Crippen LogP contribution in [0.2, 0.25) is 0 Å². The molecule has 8 nitrogen and oxygen atoms in total. The van der Waals surface area contributed by atoms with E-state index in [1.165, 1.54) is 0 Å². The van der Waals surface area contributed by atoms with Crippen LogP contribution < -0.4 is 16.4 Å². The predicted molar refractivity (Wildman–Crippen MR) is 90.8 cm³/mol. The molecule has 1 aliphatic heterocycles. The molecule has 0 radical (unpaired) electrons. The smallest absolute Gasteiger partial charge is 0.405 e. The van der Waals surface area contributed by atoms with Gasteiger partial charge in [-0.3, -0.25) is 0 Å². The van der Waals surface area contributed by atoms with Gasteiger partial charge in [-0.1, -0.05) is 20.8 Å². The largest absolute Gasteiger partial charge is 0.443 e. The van der Waals surface area contributed by atoms with Crippen LogP contribution in [0.25, 0.3) is 0 Å².